The second kappa shape index (κ2) is 6.83. The van der Waals surface area contributed by atoms with Gasteiger partial charge in [0.05, 0.1) is 0 Å². The van der Waals surface area contributed by atoms with Crippen molar-refractivity contribution in [2.24, 2.45) is 0 Å². The summed E-state index contributed by atoms with van der Waals surface area (Å²) in [6, 6.07) is 15.6. The highest BCUT2D eigenvalue weighted by Gasteiger charge is 2.15. The van der Waals surface area contributed by atoms with Crippen LogP contribution in [0.3, 0.4) is 0 Å². The highest BCUT2D eigenvalue weighted by Crippen LogP contribution is 2.36. The zero-order valence-electron chi connectivity index (χ0n) is 11.6. The van der Waals surface area contributed by atoms with Gasteiger partial charge in [-0.15, -0.1) is 0 Å². The summed E-state index contributed by atoms with van der Waals surface area (Å²) in [6.45, 7) is 1.75. The molecule has 2 aromatic rings. The molecule has 1 N–H and O–H groups in total. The van der Waals surface area contributed by atoms with Crippen molar-refractivity contribution in [2.75, 3.05) is 31.6 Å². The molecule has 1 aliphatic heterocycles. The largest absolute Gasteiger partial charge is 0.457 e. The van der Waals surface area contributed by atoms with Crippen molar-refractivity contribution in [3.05, 3.63) is 48.5 Å². The highest BCUT2D eigenvalue weighted by atomic mass is 32.2. The molecule has 0 saturated carbocycles. The molecule has 3 nitrogen and oxygen atoms in total. The molecule has 0 bridgehead atoms. The molecule has 1 aliphatic rings. The fourth-order valence-corrected chi connectivity index (χ4v) is 3.19. The second-order valence-corrected chi connectivity index (χ2v) is 5.85. The van der Waals surface area contributed by atoms with Gasteiger partial charge in [-0.05, 0) is 42.3 Å². The molecule has 0 unspecified atom stereocenters. The quantitative estimate of drug-likeness (QED) is 0.856. The van der Waals surface area contributed by atoms with Gasteiger partial charge in [-0.1, -0.05) is 18.2 Å². The third-order valence-corrected chi connectivity index (χ3v) is 4.33. The lowest BCUT2D eigenvalue weighted by atomic mass is 10.3. The molecule has 0 amide bonds. The van der Waals surface area contributed by atoms with Crippen LogP contribution in [-0.4, -0.2) is 30.6 Å². The van der Waals surface area contributed by atoms with Gasteiger partial charge in [0.1, 0.15) is 18.2 Å². The highest BCUT2D eigenvalue weighted by molar-refractivity contribution is 7.97. The summed E-state index contributed by atoms with van der Waals surface area (Å²) < 4.78 is 20.4. The monoisotopic (exact) mass is 304 g/mol. The number of hydrogen-bond acceptors (Lipinski definition) is 4. The van der Waals surface area contributed by atoms with Crippen LogP contribution in [0.4, 0.5) is 10.1 Å². The number of para-hydroxylation sites is 1. The van der Waals surface area contributed by atoms with E-state index in [1.165, 1.54) is 0 Å². The Bertz CT molecular complexity index is 594. The summed E-state index contributed by atoms with van der Waals surface area (Å²) in [6.07, 6.45) is 0. The Balaban J connectivity index is 1.79. The van der Waals surface area contributed by atoms with Crippen LogP contribution < -0.4 is 10.1 Å². The Labute approximate surface area is 128 Å². The number of halogens is 1. The first-order chi connectivity index (χ1) is 10.3. The van der Waals surface area contributed by atoms with Crippen LogP contribution in [0.2, 0.25) is 0 Å². The molecule has 2 aromatic carbocycles. The van der Waals surface area contributed by atoms with Crippen molar-refractivity contribution in [1.29, 1.82) is 0 Å². The topological polar surface area (TPSA) is 24.5 Å². The Hall–Kier alpha value is -1.72. The van der Waals surface area contributed by atoms with Crippen molar-refractivity contribution < 1.29 is 9.13 Å². The Morgan fingerprint density at radius 1 is 1.14 bits per heavy atom. The van der Waals surface area contributed by atoms with E-state index < -0.39 is 0 Å². The van der Waals surface area contributed by atoms with E-state index in [-0.39, 0.29) is 6.67 Å². The molecule has 5 heteroatoms. The van der Waals surface area contributed by atoms with Crippen molar-refractivity contribution in [3.63, 3.8) is 0 Å². The molecule has 1 heterocycles. The van der Waals surface area contributed by atoms with Crippen LogP contribution >= 0.6 is 11.9 Å². The zero-order valence-corrected chi connectivity index (χ0v) is 12.4. The smallest absolute Gasteiger partial charge is 0.128 e. The number of benzene rings is 2. The lowest BCUT2D eigenvalue weighted by Crippen LogP contribution is -2.22. The SMILES string of the molecule is FCCN1CCNc2ccc(Oc3ccccc3)cc2S1. The minimum absolute atomic E-state index is 0.331. The van der Waals surface area contributed by atoms with Crippen molar-refractivity contribution in [1.82, 2.24) is 4.31 Å². The first-order valence-electron chi connectivity index (χ1n) is 6.95. The predicted octanol–water partition coefficient (Wildman–Crippen LogP) is 4.18. The number of nitrogens with one attached hydrogen (secondary N) is 1. The number of hydrogen-bond donors (Lipinski definition) is 1. The van der Waals surface area contributed by atoms with E-state index in [4.69, 9.17) is 4.74 Å². The van der Waals surface area contributed by atoms with Crippen LogP contribution in [0, 0.1) is 0 Å². The fraction of sp³-hybridized carbons (Fsp3) is 0.250. The van der Waals surface area contributed by atoms with Crippen molar-refractivity contribution in [2.45, 2.75) is 4.90 Å². The average Bonchev–Trinajstić information content (AvgIpc) is 2.70. The molecule has 0 spiro atoms. The van der Waals surface area contributed by atoms with Crippen LogP contribution in [0.15, 0.2) is 53.4 Å². The molecule has 21 heavy (non-hydrogen) atoms. The molecule has 0 saturated heterocycles. The number of anilines is 1. The van der Waals surface area contributed by atoms with E-state index in [0.717, 1.165) is 35.2 Å². The van der Waals surface area contributed by atoms with Gasteiger partial charge < -0.3 is 10.1 Å². The van der Waals surface area contributed by atoms with Gasteiger partial charge >= 0.3 is 0 Å². The van der Waals surface area contributed by atoms with Gasteiger partial charge in [-0.3, -0.25) is 0 Å². The number of alkyl halides is 1. The molecule has 0 aliphatic carbocycles. The molecule has 0 atom stereocenters. The zero-order chi connectivity index (χ0) is 14.5. The molecule has 110 valence electrons. The van der Waals surface area contributed by atoms with Gasteiger partial charge in [0.2, 0.25) is 0 Å². The molecule has 0 radical (unpaired) electrons. The third-order valence-electron chi connectivity index (χ3n) is 3.17. The van der Waals surface area contributed by atoms with Gasteiger partial charge in [0.15, 0.2) is 0 Å². The van der Waals surface area contributed by atoms with Crippen LogP contribution in [0.25, 0.3) is 0 Å². The lowest BCUT2D eigenvalue weighted by Gasteiger charge is -2.16. The summed E-state index contributed by atoms with van der Waals surface area (Å²) in [4.78, 5) is 1.06. The van der Waals surface area contributed by atoms with Gasteiger partial charge in [-0.2, -0.15) is 0 Å². The first-order valence-corrected chi connectivity index (χ1v) is 7.72. The normalized spacial score (nSPS) is 14.9. The molecule has 3 rings (SSSR count). The maximum Gasteiger partial charge on any atom is 0.128 e. The van der Waals surface area contributed by atoms with Gasteiger partial charge in [0, 0.05) is 30.2 Å². The van der Waals surface area contributed by atoms with Crippen LogP contribution in [-0.2, 0) is 0 Å². The van der Waals surface area contributed by atoms with E-state index in [1.807, 2.05) is 52.8 Å². The van der Waals surface area contributed by atoms with E-state index in [9.17, 15) is 4.39 Å². The fourth-order valence-electron chi connectivity index (χ4n) is 2.16. The average molecular weight is 304 g/mol. The summed E-state index contributed by atoms with van der Waals surface area (Å²) in [5, 5.41) is 3.36. The first kappa shape index (κ1) is 14.2. The van der Waals surface area contributed by atoms with E-state index in [0.29, 0.717) is 6.54 Å². The minimum Gasteiger partial charge on any atom is -0.457 e. The number of fused-ring (bicyclic) bond motifs is 1. The predicted molar refractivity (Wildman–Crippen MR) is 84.9 cm³/mol. The number of rotatable bonds is 4. The van der Waals surface area contributed by atoms with E-state index in [2.05, 4.69) is 5.32 Å². The maximum absolute atomic E-state index is 12.6. The third kappa shape index (κ3) is 3.68. The maximum atomic E-state index is 12.6. The van der Waals surface area contributed by atoms with E-state index >= 15 is 0 Å². The van der Waals surface area contributed by atoms with Gasteiger partial charge in [-0.25, -0.2) is 8.70 Å². The molecule has 0 fully saturated rings. The van der Waals surface area contributed by atoms with E-state index in [1.54, 1.807) is 11.9 Å². The Morgan fingerprint density at radius 2 is 2.00 bits per heavy atom. The Kier molecular flexibility index (Phi) is 4.62. The number of ether oxygens (including phenoxy) is 1. The molecular formula is C16H17FN2OS. The number of nitrogens with zero attached hydrogens (tertiary/aromatic N) is 1. The summed E-state index contributed by atoms with van der Waals surface area (Å²) >= 11 is 1.58. The standard InChI is InChI=1S/C16H17FN2OS/c17-8-10-19-11-9-18-15-7-6-14(12-16(15)21-19)20-13-4-2-1-3-5-13/h1-7,12,18H,8-11H2. The Morgan fingerprint density at radius 3 is 2.81 bits per heavy atom. The second-order valence-electron chi connectivity index (χ2n) is 4.71. The van der Waals surface area contributed by atoms with Gasteiger partial charge in [0.25, 0.3) is 0 Å². The minimum atomic E-state index is -0.331. The molecular weight excluding hydrogens is 287 g/mol. The molecule has 0 aromatic heterocycles. The van der Waals surface area contributed by atoms with Crippen molar-refractivity contribution >= 4 is 17.6 Å². The summed E-state index contributed by atoms with van der Waals surface area (Å²) in [7, 11) is 0. The lowest BCUT2D eigenvalue weighted by molar-refractivity contribution is 0.393. The van der Waals surface area contributed by atoms with Crippen LogP contribution in [0.5, 0.6) is 11.5 Å². The summed E-state index contributed by atoms with van der Waals surface area (Å²) in [5.41, 5.74) is 1.07. The summed E-state index contributed by atoms with van der Waals surface area (Å²) in [5.74, 6) is 1.60. The van der Waals surface area contributed by atoms with Crippen molar-refractivity contribution in [3.8, 4) is 11.5 Å². The van der Waals surface area contributed by atoms with Crippen LogP contribution in [0.1, 0.15) is 0 Å².